The Balaban J connectivity index is 1.75. The molecule has 4 rings (SSSR count). The maximum absolute atomic E-state index is 13.3. The molecule has 32 heavy (non-hydrogen) atoms. The minimum Gasteiger partial charge on any atom is -0.478 e. The van der Waals surface area contributed by atoms with Crippen molar-refractivity contribution in [3.63, 3.8) is 0 Å². The van der Waals surface area contributed by atoms with E-state index in [0.29, 0.717) is 22.1 Å². The summed E-state index contributed by atoms with van der Waals surface area (Å²) >= 11 is 5.93. The van der Waals surface area contributed by atoms with E-state index < -0.39 is 18.0 Å². The Kier molecular flexibility index (Phi) is 5.71. The van der Waals surface area contributed by atoms with E-state index in [4.69, 9.17) is 11.6 Å². The van der Waals surface area contributed by atoms with Gasteiger partial charge in [0.1, 0.15) is 5.82 Å². The van der Waals surface area contributed by atoms with Gasteiger partial charge in [0.15, 0.2) is 0 Å². The van der Waals surface area contributed by atoms with Crippen molar-refractivity contribution < 1.29 is 23.1 Å². The molecule has 0 amide bonds. The van der Waals surface area contributed by atoms with Gasteiger partial charge >= 0.3 is 12.1 Å². The Labute approximate surface area is 185 Å². The predicted molar refractivity (Wildman–Crippen MR) is 116 cm³/mol. The highest BCUT2D eigenvalue weighted by Crippen LogP contribution is 2.32. The first kappa shape index (κ1) is 21.6. The number of halogens is 4. The fourth-order valence-corrected chi connectivity index (χ4v) is 3.55. The molecule has 0 atom stereocenters. The molecule has 0 spiro atoms. The second kappa shape index (κ2) is 8.47. The van der Waals surface area contributed by atoms with E-state index in [9.17, 15) is 23.1 Å². The molecule has 0 saturated heterocycles. The van der Waals surface area contributed by atoms with Crippen molar-refractivity contribution in [1.29, 1.82) is 0 Å². The molecule has 0 aliphatic heterocycles. The summed E-state index contributed by atoms with van der Waals surface area (Å²) in [6, 6.07) is 18.0. The van der Waals surface area contributed by atoms with Crippen molar-refractivity contribution in [3.8, 4) is 11.1 Å². The van der Waals surface area contributed by atoms with Gasteiger partial charge in [-0.1, -0.05) is 54.1 Å². The Hall–Kier alpha value is -3.65. The van der Waals surface area contributed by atoms with Crippen molar-refractivity contribution in [2.75, 3.05) is 5.32 Å². The van der Waals surface area contributed by atoms with Crippen molar-refractivity contribution in [2.24, 2.45) is 0 Å². The van der Waals surface area contributed by atoms with Crippen molar-refractivity contribution in [1.82, 2.24) is 9.97 Å². The van der Waals surface area contributed by atoms with Gasteiger partial charge in [-0.05, 0) is 41.0 Å². The fraction of sp³-hybridized carbons (Fsp3) is 0.0870. The summed E-state index contributed by atoms with van der Waals surface area (Å²) in [7, 11) is 0. The number of nitrogens with zero attached hydrogens (tertiary/aromatic N) is 2. The van der Waals surface area contributed by atoms with Crippen LogP contribution in [0, 0.1) is 0 Å². The zero-order valence-electron chi connectivity index (χ0n) is 16.3. The second-order valence-electron chi connectivity index (χ2n) is 6.92. The zero-order valence-corrected chi connectivity index (χ0v) is 17.1. The number of nitrogens with one attached hydrogen (secondary N) is 1. The highest BCUT2D eigenvalue weighted by Gasteiger charge is 2.35. The lowest BCUT2D eigenvalue weighted by Crippen LogP contribution is -2.14. The van der Waals surface area contributed by atoms with Crippen LogP contribution in [0.2, 0.25) is 5.02 Å². The van der Waals surface area contributed by atoms with Gasteiger partial charge in [0.25, 0.3) is 0 Å². The van der Waals surface area contributed by atoms with Gasteiger partial charge in [-0.2, -0.15) is 13.2 Å². The summed E-state index contributed by atoms with van der Waals surface area (Å²) in [5.41, 5.74) is 2.03. The smallest absolute Gasteiger partial charge is 0.451 e. The number of carbonyl (C=O) groups is 1. The zero-order chi connectivity index (χ0) is 22.9. The van der Waals surface area contributed by atoms with Crippen molar-refractivity contribution >= 4 is 34.3 Å². The van der Waals surface area contributed by atoms with Crippen LogP contribution < -0.4 is 5.32 Å². The Morgan fingerprint density at radius 3 is 2.38 bits per heavy atom. The SMILES string of the molecule is O=C(O)c1ccccc1-c1ccccc1CNc1nc(C(F)(F)F)nc2cc(Cl)ccc12. The second-order valence-corrected chi connectivity index (χ2v) is 7.35. The third-order valence-corrected chi connectivity index (χ3v) is 5.06. The minimum atomic E-state index is -4.73. The summed E-state index contributed by atoms with van der Waals surface area (Å²) < 4.78 is 40.0. The van der Waals surface area contributed by atoms with E-state index >= 15 is 0 Å². The molecular weight excluding hydrogens is 443 g/mol. The average Bonchev–Trinajstić information content (AvgIpc) is 2.76. The minimum absolute atomic E-state index is 0.000291. The molecule has 0 unspecified atom stereocenters. The first-order valence-corrected chi connectivity index (χ1v) is 9.81. The van der Waals surface area contributed by atoms with Crippen LogP contribution in [0.1, 0.15) is 21.7 Å². The molecule has 0 radical (unpaired) electrons. The lowest BCUT2D eigenvalue weighted by atomic mass is 9.95. The number of hydrogen-bond donors (Lipinski definition) is 2. The molecule has 0 saturated carbocycles. The number of fused-ring (bicyclic) bond motifs is 1. The standard InChI is InChI=1S/C23H15ClF3N3O2/c24-14-9-10-18-19(11-14)29-22(23(25,26)27)30-20(18)28-12-13-5-1-2-6-15(13)16-7-3-4-8-17(16)21(31)32/h1-11H,12H2,(H,31,32)(H,28,29,30). The summed E-state index contributed by atoms with van der Waals surface area (Å²) in [4.78, 5) is 18.9. The number of aromatic carboxylic acids is 1. The summed E-state index contributed by atoms with van der Waals surface area (Å²) in [5.74, 6) is -2.35. The highest BCUT2D eigenvalue weighted by molar-refractivity contribution is 6.31. The topological polar surface area (TPSA) is 75.1 Å². The van der Waals surface area contributed by atoms with Crippen LogP contribution >= 0.6 is 11.6 Å². The number of anilines is 1. The summed E-state index contributed by atoms with van der Waals surface area (Å²) in [6.45, 7) is 0.107. The third-order valence-electron chi connectivity index (χ3n) is 4.82. The molecule has 0 aliphatic carbocycles. The molecule has 162 valence electrons. The van der Waals surface area contributed by atoms with Gasteiger partial charge in [-0.25, -0.2) is 14.8 Å². The summed E-state index contributed by atoms with van der Waals surface area (Å²) in [6.07, 6.45) is -4.73. The van der Waals surface area contributed by atoms with Crippen LogP contribution in [0.25, 0.3) is 22.0 Å². The van der Waals surface area contributed by atoms with E-state index in [1.807, 2.05) is 0 Å². The van der Waals surface area contributed by atoms with E-state index in [0.717, 1.165) is 0 Å². The molecule has 1 aromatic heterocycles. The Morgan fingerprint density at radius 2 is 1.66 bits per heavy atom. The number of hydrogen-bond acceptors (Lipinski definition) is 4. The van der Waals surface area contributed by atoms with Gasteiger partial charge in [-0.3, -0.25) is 0 Å². The van der Waals surface area contributed by atoms with Crippen molar-refractivity contribution in [2.45, 2.75) is 12.7 Å². The molecular formula is C23H15ClF3N3O2. The molecule has 9 heteroatoms. The predicted octanol–water partition coefficient (Wildman–Crippen LogP) is 6.28. The molecule has 0 aliphatic rings. The molecule has 5 nitrogen and oxygen atoms in total. The number of alkyl halides is 3. The van der Waals surface area contributed by atoms with Gasteiger partial charge in [-0.15, -0.1) is 0 Å². The van der Waals surface area contributed by atoms with Crippen LogP contribution in [0.5, 0.6) is 0 Å². The number of carboxylic acids is 1. The van der Waals surface area contributed by atoms with E-state index in [1.54, 1.807) is 54.6 Å². The average molecular weight is 458 g/mol. The molecule has 3 aromatic carbocycles. The quantitative estimate of drug-likeness (QED) is 0.369. The molecule has 0 bridgehead atoms. The fourth-order valence-electron chi connectivity index (χ4n) is 3.38. The number of carboxylic acid groups (broad SMARTS) is 1. The number of aromatic nitrogens is 2. The lowest BCUT2D eigenvalue weighted by Gasteiger charge is -2.15. The van der Waals surface area contributed by atoms with Crippen molar-refractivity contribution in [3.05, 3.63) is 88.7 Å². The number of benzene rings is 3. The maximum atomic E-state index is 13.3. The van der Waals surface area contributed by atoms with Crippen LogP contribution in [0.3, 0.4) is 0 Å². The lowest BCUT2D eigenvalue weighted by molar-refractivity contribution is -0.144. The molecule has 1 heterocycles. The third kappa shape index (κ3) is 4.36. The first-order valence-electron chi connectivity index (χ1n) is 9.43. The van der Waals surface area contributed by atoms with Gasteiger partial charge in [0.05, 0.1) is 11.1 Å². The molecule has 0 fully saturated rings. The van der Waals surface area contributed by atoms with E-state index in [-0.39, 0.29) is 28.5 Å². The van der Waals surface area contributed by atoms with Gasteiger partial charge in [0, 0.05) is 17.0 Å². The van der Waals surface area contributed by atoms with E-state index in [1.165, 1.54) is 12.1 Å². The summed E-state index contributed by atoms with van der Waals surface area (Å²) in [5, 5.41) is 13.1. The van der Waals surface area contributed by atoms with Crippen LogP contribution in [-0.2, 0) is 12.7 Å². The first-order chi connectivity index (χ1) is 15.2. The Morgan fingerprint density at radius 1 is 0.969 bits per heavy atom. The normalized spacial score (nSPS) is 11.5. The molecule has 4 aromatic rings. The van der Waals surface area contributed by atoms with E-state index in [2.05, 4.69) is 15.3 Å². The molecule has 2 N–H and O–H groups in total. The van der Waals surface area contributed by atoms with Gasteiger partial charge in [0.2, 0.25) is 5.82 Å². The number of rotatable bonds is 5. The van der Waals surface area contributed by atoms with Gasteiger partial charge < -0.3 is 10.4 Å². The maximum Gasteiger partial charge on any atom is 0.451 e. The highest BCUT2D eigenvalue weighted by atomic mass is 35.5. The van der Waals surface area contributed by atoms with Crippen LogP contribution in [0.15, 0.2) is 66.7 Å². The Bertz CT molecular complexity index is 1330. The van der Waals surface area contributed by atoms with Crippen LogP contribution in [-0.4, -0.2) is 21.0 Å². The van der Waals surface area contributed by atoms with Crippen LogP contribution in [0.4, 0.5) is 19.0 Å². The monoisotopic (exact) mass is 457 g/mol. The largest absolute Gasteiger partial charge is 0.478 e.